The van der Waals surface area contributed by atoms with Gasteiger partial charge in [0.1, 0.15) is 0 Å². The summed E-state index contributed by atoms with van der Waals surface area (Å²) in [6, 6.07) is 11.4. The smallest absolute Gasteiger partial charge is 0.0242 e. The Hall–Kier alpha value is -0.860. The predicted octanol–water partition coefficient (Wildman–Crippen LogP) is 3.74. The molecule has 1 N–H and O–H groups in total. The first-order valence-corrected chi connectivity index (χ1v) is 8.87. The summed E-state index contributed by atoms with van der Waals surface area (Å²) in [5.74, 6) is 0. The zero-order chi connectivity index (χ0) is 14.7. The Morgan fingerprint density at radius 3 is 2.33 bits per heavy atom. The first-order chi connectivity index (χ1) is 10.3. The fourth-order valence-electron chi connectivity index (χ4n) is 4.30. The highest BCUT2D eigenvalue weighted by Gasteiger charge is 2.40. The van der Waals surface area contributed by atoms with Crippen molar-refractivity contribution < 1.29 is 0 Å². The van der Waals surface area contributed by atoms with Crippen molar-refractivity contribution in [2.45, 2.75) is 77.0 Å². The van der Waals surface area contributed by atoms with Gasteiger partial charge in [0.25, 0.3) is 0 Å². The van der Waals surface area contributed by atoms with Gasteiger partial charge >= 0.3 is 0 Å². The van der Waals surface area contributed by atoms with Gasteiger partial charge in [0.15, 0.2) is 0 Å². The van der Waals surface area contributed by atoms with Gasteiger partial charge in [0.2, 0.25) is 0 Å². The molecule has 2 aliphatic heterocycles. The van der Waals surface area contributed by atoms with Crippen molar-refractivity contribution in [2.24, 2.45) is 0 Å². The molecule has 116 valence electrons. The highest BCUT2D eigenvalue weighted by molar-refractivity contribution is 5.27. The van der Waals surface area contributed by atoms with E-state index in [1.807, 2.05) is 0 Å². The van der Waals surface area contributed by atoms with E-state index in [0.717, 1.165) is 24.5 Å². The van der Waals surface area contributed by atoms with Crippen LogP contribution in [0.15, 0.2) is 24.3 Å². The molecule has 2 unspecified atom stereocenters. The van der Waals surface area contributed by atoms with Crippen LogP contribution in [0.4, 0.5) is 0 Å². The molecule has 2 atom stereocenters. The first-order valence-electron chi connectivity index (χ1n) is 8.87. The second kappa shape index (κ2) is 6.93. The molecule has 2 nitrogen and oxygen atoms in total. The second-order valence-electron chi connectivity index (χ2n) is 6.80. The number of benzene rings is 1. The van der Waals surface area contributed by atoms with Crippen LogP contribution in [0, 0.1) is 0 Å². The number of piperidine rings is 1. The van der Waals surface area contributed by atoms with Gasteiger partial charge in [-0.3, -0.25) is 4.90 Å². The summed E-state index contributed by atoms with van der Waals surface area (Å²) >= 11 is 0. The molecule has 1 aromatic rings. The summed E-state index contributed by atoms with van der Waals surface area (Å²) in [4.78, 5) is 2.80. The molecule has 2 bridgehead atoms. The van der Waals surface area contributed by atoms with E-state index in [9.17, 15) is 0 Å². The molecule has 2 fully saturated rings. The van der Waals surface area contributed by atoms with Crippen molar-refractivity contribution in [3.05, 3.63) is 35.4 Å². The van der Waals surface area contributed by atoms with Crippen LogP contribution < -0.4 is 5.32 Å². The van der Waals surface area contributed by atoms with E-state index in [0.29, 0.717) is 0 Å². The quantitative estimate of drug-likeness (QED) is 0.857. The average Bonchev–Trinajstić information content (AvgIpc) is 2.75. The van der Waals surface area contributed by atoms with Crippen molar-refractivity contribution in [2.75, 3.05) is 6.54 Å². The molecule has 0 aliphatic carbocycles. The van der Waals surface area contributed by atoms with Crippen molar-refractivity contribution >= 4 is 0 Å². The third-order valence-electron chi connectivity index (χ3n) is 5.42. The summed E-state index contributed by atoms with van der Waals surface area (Å²) in [7, 11) is 0. The Labute approximate surface area is 129 Å². The highest BCUT2D eigenvalue weighted by Crippen LogP contribution is 2.37. The summed E-state index contributed by atoms with van der Waals surface area (Å²) in [6.07, 6.45) is 7.92. The van der Waals surface area contributed by atoms with Crippen LogP contribution in [0.1, 0.15) is 57.1 Å². The van der Waals surface area contributed by atoms with Gasteiger partial charge in [-0.05, 0) is 56.2 Å². The average molecular weight is 286 g/mol. The van der Waals surface area contributed by atoms with Crippen LogP contribution in [-0.2, 0) is 13.0 Å². The van der Waals surface area contributed by atoms with Crippen molar-refractivity contribution in [1.82, 2.24) is 10.2 Å². The van der Waals surface area contributed by atoms with Crippen LogP contribution in [-0.4, -0.2) is 29.6 Å². The number of hydrogen-bond acceptors (Lipinski definition) is 2. The number of aryl methyl sites for hydroxylation is 1. The summed E-state index contributed by atoms with van der Waals surface area (Å²) < 4.78 is 0. The maximum Gasteiger partial charge on any atom is 0.0242 e. The zero-order valence-corrected chi connectivity index (χ0v) is 13.6. The molecule has 0 saturated carbocycles. The number of nitrogens with zero attached hydrogens (tertiary/aromatic N) is 1. The molecule has 2 aliphatic rings. The van der Waals surface area contributed by atoms with E-state index >= 15 is 0 Å². The number of rotatable bonds is 6. The molecule has 0 spiro atoms. The molecule has 0 amide bonds. The Bertz CT molecular complexity index is 443. The minimum atomic E-state index is 0.764. The van der Waals surface area contributed by atoms with E-state index in [2.05, 4.69) is 48.3 Å². The van der Waals surface area contributed by atoms with Gasteiger partial charge in [-0.1, -0.05) is 38.1 Å². The molecule has 0 radical (unpaired) electrons. The molecular formula is C19H30N2. The first kappa shape index (κ1) is 15.1. The third-order valence-corrected chi connectivity index (χ3v) is 5.42. The van der Waals surface area contributed by atoms with Crippen molar-refractivity contribution in [3.63, 3.8) is 0 Å². The number of fused-ring (bicyclic) bond motifs is 2. The van der Waals surface area contributed by atoms with E-state index in [1.54, 1.807) is 5.56 Å². The van der Waals surface area contributed by atoms with E-state index in [1.165, 1.54) is 50.8 Å². The van der Waals surface area contributed by atoms with E-state index < -0.39 is 0 Å². The Morgan fingerprint density at radius 2 is 1.71 bits per heavy atom. The fraction of sp³-hybridized carbons (Fsp3) is 0.684. The Kier molecular flexibility index (Phi) is 4.97. The van der Waals surface area contributed by atoms with Crippen LogP contribution >= 0.6 is 0 Å². The van der Waals surface area contributed by atoms with Gasteiger partial charge in [0, 0.05) is 24.7 Å². The van der Waals surface area contributed by atoms with Gasteiger partial charge < -0.3 is 5.32 Å². The third kappa shape index (κ3) is 3.32. The minimum absolute atomic E-state index is 0.764. The lowest BCUT2D eigenvalue weighted by atomic mass is 9.95. The maximum atomic E-state index is 3.75. The topological polar surface area (TPSA) is 15.3 Å². The standard InChI is InChI=1S/C19H30N2/c1-3-11-20-17-12-18-9-10-19(13-17)21(18)14-16-8-6-5-7-15(16)4-2/h5-8,17-20H,3-4,9-14H2,1-2H3. The van der Waals surface area contributed by atoms with Gasteiger partial charge in [0.05, 0.1) is 0 Å². The van der Waals surface area contributed by atoms with Gasteiger partial charge in [-0.15, -0.1) is 0 Å². The molecule has 21 heavy (non-hydrogen) atoms. The second-order valence-corrected chi connectivity index (χ2v) is 6.80. The van der Waals surface area contributed by atoms with E-state index in [-0.39, 0.29) is 0 Å². The molecule has 3 rings (SSSR count). The van der Waals surface area contributed by atoms with Crippen LogP contribution in [0.25, 0.3) is 0 Å². The lowest BCUT2D eigenvalue weighted by Crippen LogP contribution is -2.48. The normalized spacial score (nSPS) is 29.0. The molecule has 2 heteroatoms. The lowest BCUT2D eigenvalue weighted by molar-refractivity contribution is 0.109. The van der Waals surface area contributed by atoms with Crippen LogP contribution in [0.2, 0.25) is 0 Å². The monoisotopic (exact) mass is 286 g/mol. The van der Waals surface area contributed by atoms with Crippen molar-refractivity contribution in [3.8, 4) is 0 Å². The maximum absolute atomic E-state index is 3.75. The Balaban J connectivity index is 1.65. The lowest BCUT2D eigenvalue weighted by Gasteiger charge is -2.39. The molecular weight excluding hydrogens is 256 g/mol. The summed E-state index contributed by atoms with van der Waals surface area (Å²) in [5.41, 5.74) is 3.08. The van der Waals surface area contributed by atoms with E-state index in [4.69, 9.17) is 0 Å². The molecule has 2 saturated heterocycles. The zero-order valence-electron chi connectivity index (χ0n) is 13.6. The molecule has 0 aromatic heterocycles. The summed E-state index contributed by atoms with van der Waals surface area (Å²) in [6.45, 7) is 6.88. The van der Waals surface area contributed by atoms with Gasteiger partial charge in [-0.25, -0.2) is 0 Å². The predicted molar refractivity (Wildman–Crippen MR) is 89.5 cm³/mol. The number of nitrogens with one attached hydrogen (secondary N) is 1. The molecule has 1 aromatic carbocycles. The largest absolute Gasteiger partial charge is 0.314 e. The SMILES string of the molecule is CCCNC1CC2CCC(C1)N2Cc1ccccc1CC. The van der Waals surface area contributed by atoms with Crippen LogP contribution in [0.3, 0.4) is 0 Å². The minimum Gasteiger partial charge on any atom is -0.314 e. The van der Waals surface area contributed by atoms with Gasteiger partial charge in [-0.2, -0.15) is 0 Å². The van der Waals surface area contributed by atoms with Crippen molar-refractivity contribution in [1.29, 1.82) is 0 Å². The summed E-state index contributed by atoms with van der Waals surface area (Å²) in [5, 5.41) is 3.75. The van der Waals surface area contributed by atoms with Crippen LogP contribution in [0.5, 0.6) is 0 Å². The molecule has 2 heterocycles. The fourth-order valence-corrected chi connectivity index (χ4v) is 4.30. The Morgan fingerprint density at radius 1 is 1.05 bits per heavy atom. The highest BCUT2D eigenvalue weighted by atomic mass is 15.2. The number of hydrogen-bond donors (Lipinski definition) is 1.